The molecular weight excluding hydrogens is 198 g/mol. The second kappa shape index (κ2) is 3.40. The molecule has 1 aromatic heterocycles. The molecule has 0 bridgehead atoms. The molecule has 3 N–H and O–H groups in total. The number of hydrogen-bond acceptors (Lipinski definition) is 4. The van der Waals surface area contributed by atoms with E-state index in [4.69, 9.17) is 10.8 Å². The highest BCUT2D eigenvalue weighted by Gasteiger charge is 2.09. The fraction of sp³-hybridized carbons (Fsp3) is 0.100. The number of rotatable bonds is 2. The molecular formula is C10H9NO2S. The van der Waals surface area contributed by atoms with Crippen molar-refractivity contribution in [3.05, 3.63) is 28.6 Å². The third-order valence-corrected chi connectivity index (χ3v) is 3.27. The van der Waals surface area contributed by atoms with E-state index >= 15 is 0 Å². The number of nitrogen functional groups attached to an aromatic ring is 1. The molecule has 0 saturated carbocycles. The van der Waals surface area contributed by atoms with E-state index in [9.17, 15) is 4.79 Å². The predicted molar refractivity (Wildman–Crippen MR) is 57.5 cm³/mol. The number of aldehydes is 1. The summed E-state index contributed by atoms with van der Waals surface area (Å²) in [6.45, 7) is -0.0953. The fourth-order valence-electron chi connectivity index (χ4n) is 1.45. The molecule has 1 aromatic carbocycles. The highest BCUT2D eigenvalue weighted by Crippen LogP contribution is 2.31. The number of benzene rings is 1. The Labute approximate surface area is 84.8 Å². The minimum absolute atomic E-state index is 0.0953. The van der Waals surface area contributed by atoms with Gasteiger partial charge in [0.2, 0.25) is 0 Å². The van der Waals surface area contributed by atoms with Crippen molar-refractivity contribution >= 4 is 33.4 Å². The van der Waals surface area contributed by atoms with Crippen LogP contribution in [0.15, 0.2) is 17.5 Å². The van der Waals surface area contributed by atoms with Crippen molar-refractivity contribution < 1.29 is 9.90 Å². The van der Waals surface area contributed by atoms with Gasteiger partial charge in [-0.15, -0.1) is 11.3 Å². The minimum atomic E-state index is -0.0953. The van der Waals surface area contributed by atoms with Crippen molar-refractivity contribution in [3.63, 3.8) is 0 Å². The van der Waals surface area contributed by atoms with E-state index in [0.29, 0.717) is 16.8 Å². The highest BCUT2D eigenvalue weighted by atomic mass is 32.1. The zero-order valence-electron chi connectivity index (χ0n) is 7.36. The molecule has 0 atom stereocenters. The summed E-state index contributed by atoms with van der Waals surface area (Å²) in [5, 5.41) is 11.8. The van der Waals surface area contributed by atoms with E-state index in [1.807, 2.05) is 6.07 Å². The van der Waals surface area contributed by atoms with E-state index in [1.54, 1.807) is 11.4 Å². The van der Waals surface area contributed by atoms with Gasteiger partial charge in [0.1, 0.15) is 0 Å². The lowest BCUT2D eigenvalue weighted by Gasteiger charge is -2.03. The Morgan fingerprint density at radius 2 is 2.29 bits per heavy atom. The summed E-state index contributed by atoms with van der Waals surface area (Å²) in [4.78, 5) is 10.7. The van der Waals surface area contributed by atoms with Gasteiger partial charge < -0.3 is 10.8 Å². The average Bonchev–Trinajstić information content (AvgIpc) is 2.60. The van der Waals surface area contributed by atoms with Crippen LogP contribution in [0, 0.1) is 0 Å². The maximum absolute atomic E-state index is 10.7. The van der Waals surface area contributed by atoms with Gasteiger partial charge in [0.15, 0.2) is 6.29 Å². The molecule has 0 saturated heterocycles. The summed E-state index contributed by atoms with van der Waals surface area (Å²) < 4.78 is 0.898. The summed E-state index contributed by atoms with van der Waals surface area (Å²) in [6.07, 6.45) is 0.816. The van der Waals surface area contributed by atoms with Gasteiger partial charge in [0.05, 0.1) is 6.61 Å². The van der Waals surface area contributed by atoms with Crippen molar-refractivity contribution in [2.45, 2.75) is 6.61 Å². The minimum Gasteiger partial charge on any atom is -0.398 e. The van der Waals surface area contributed by atoms with Crippen LogP contribution < -0.4 is 5.73 Å². The number of carbonyl (C=O) groups is 1. The van der Waals surface area contributed by atoms with Gasteiger partial charge in [-0.3, -0.25) is 4.79 Å². The van der Waals surface area contributed by atoms with Crippen LogP contribution in [0.3, 0.4) is 0 Å². The van der Waals surface area contributed by atoms with Gasteiger partial charge >= 0.3 is 0 Å². The molecule has 0 amide bonds. The number of thiophene rings is 1. The van der Waals surface area contributed by atoms with Gasteiger partial charge in [0, 0.05) is 32.3 Å². The maximum atomic E-state index is 10.7. The second-order valence-electron chi connectivity index (χ2n) is 2.98. The molecule has 1 heterocycles. The smallest absolute Gasteiger partial charge is 0.151 e. The Balaban J connectivity index is 2.83. The van der Waals surface area contributed by atoms with Gasteiger partial charge in [-0.2, -0.15) is 0 Å². The average molecular weight is 207 g/mol. The first-order valence-electron chi connectivity index (χ1n) is 4.12. The first kappa shape index (κ1) is 9.18. The van der Waals surface area contributed by atoms with Crippen LogP contribution in [-0.4, -0.2) is 11.4 Å². The largest absolute Gasteiger partial charge is 0.398 e. The van der Waals surface area contributed by atoms with Gasteiger partial charge in [-0.05, 0) is 6.07 Å². The monoisotopic (exact) mass is 207 g/mol. The lowest BCUT2D eigenvalue weighted by atomic mass is 10.1. The molecule has 0 fully saturated rings. The van der Waals surface area contributed by atoms with E-state index < -0.39 is 0 Å². The van der Waals surface area contributed by atoms with Gasteiger partial charge in [-0.25, -0.2) is 0 Å². The summed E-state index contributed by atoms with van der Waals surface area (Å²) in [7, 11) is 0. The summed E-state index contributed by atoms with van der Waals surface area (Å²) in [5.41, 5.74) is 7.64. The number of carbonyl (C=O) groups excluding carboxylic acids is 1. The van der Waals surface area contributed by atoms with E-state index in [1.165, 1.54) is 11.3 Å². The molecule has 72 valence electrons. The van der Waals surface area contributed by atoms with Crippen LogP contribution in [-0.2, 0) is 6.61 Å². The van der Waals surface area contributed by atoms with Crippen molar-refractivity contribution in [3.8, 4) is 0 Å². The van der Waals surface area contributed by atoms with Crippen molar-refractivity contribution in [2.75, 3.05) is 5.73 Å². The predicted octanol–water partition coefficient (Wildman–Crippen LogP) is 1.79. The molecule has 14 heavy (non-hydrogen) atoms. The number of hydrogen-bond donors (Lipinski definition) is 2. The normalized spacial score (nSPS) is 10.6. The second-order valence-corrected chi connectivity index (χ2v) is 3.86. The lowest BCUT2D eigenvalue weighted by Crippen LogP contribution is -1.93. The lowest BCUT2D eigenvalue weighted by molar-refractivity contribution is 0.112. The SMILES string of the molecule is Nc1ccc2c(C=O)csc2c1CO. The fourth-order valence-corrected chi connectivity index (χ4v) is 2.51. The number of aliphatic hydroxyl groups excluding tert-OH is 1. The zero-order chi connectivity index (χ0) is 10.1. The first-order chi connectivity index (χ1) is 6.77. The van der Waals surface area contributed by atoms with Gasteiger partial charge in [-0.1, -0.05) is 6.07 Å². The quantitative estimate of drug-likeness (QED) is 0.583. The zero-order valence-corrected chi connectivity index (χ0v) is 8.17. The highest BCUT2D eigenvalue weighted by molar-refractivity contribution is 7.17. The van der Waals surface area contributed by atoms with Crippen LogP contribution in [0.5, 0.6) is 0 Å². The standard InChI is InChI=1S/C10H9NO2S/c11-9-2-1-7-6(3-12)5-14-10(7)8(9)4-13/h1-3,5,13H,4,11H2. The van der Waals surface area contributed by atoms with Crippen LogP contribution in [0.1, 0.15) is 15.9 Å². The summed E-state index contributed by atoms with van der Waals surface area (Å²) >= 11 is 1.43. The van der Waals surface area contributed by atoms with Crippen molar-refractivity contribution in [1.29, 1.82) is 0 Å². The number of aliphatic hydroxyl groups is 1. The first-order valence-corrected chi connectivity index (χ1v) is 5.00. The van der Waals surface area contributed by atoms with E-state index in [-0.39, 0.29) is 6.61 Å². The maximum Gasteiger partial charge on any atom is 0.151 e. The van der Waals surface area contributed by atoms with Crippen LogP contribution in [0.4, 0.5) is 5.69 Å². The van der Waals surface area contributed by atoms with Crippen molar-refractivity contribution in [2.24, 2.45) is 0 Å². The number of nitrogens with two attached hydrogens (primary N) is 1. The molecule has 0 unspecified atom stereocenters. The van der Waals surface area contributed by atoms with Crippen LogP contribution in [0.25, 0.3) is 10.1 Å². The Bertz CT molecular complexity index is 490. The third-order valence-electron chi connectivity index (χ3n) is 2.20. The van der Waals surface area contributed by atoms with E-state index in [2.05, 4.69) is 0 Å². The number of anilines is 1. The molecule has 4 heteroatoms. The Morgan fingerprint density at radius 1 is 1.50 bits per heavy atom. The molecule has 0 aliphatic rings. The molecule has 0 aliphatic heterocycles. The van der Waals surface area contributed by atoms with Crippen LogP contribution in [0.2, 0.25) is 0 Å². The van der Waals surface area contributed by atoms with Gasteiger partial charge in [0.25, 0.3) is 0 Å². The molecule has 2 aromatic rings. The van der Waals surface area contributed by atoms with E-state index in [0.717, 1.165) is 16.4 Å². The molecule has 0 spiro atoms. The topological polar surface area (TPSA) is 63.3 Å². The molecule has 0 radical (unpaired) electrons. The summed E-state index contributed by atoms with van der Waals surface area (Å²) in [6, 6.07) is 3.53. The molecule has 2 rings (SSSR count). The number of fused-ring (bicyclic) bond motifs is 1. The summed E-state index contributed by atoms with van der Waals surface area (Å²) in [5.74, 6) is 0. The molecule has 0 aliphatic carbocycles. The Kier molecular flexibility index (Phi) is 2.23. The van der Waals surface area contributed by atoms with Crippen molar-refractivity contribution in [1.82, 2.24) is 0 Å². The Morgan fingerprint density at radius 3 is 2.93 bits per heavy atom. The van der Waals surface area contributed by atoms with Crippen LogP contribution >= 0.6 is 11.3 Å². The third kappa shape index (κ3) is 1.20. The Hall–Kier alpha value is -1.39. The molecule has 3 nitrogen and oxygen atoms in total.